The van der Waals surface area contributed by atoms with Crippen LogP contribution in [-0.2, 0) is 11.3 Å². The first-order chi connectivity index (χ1) is 18.0. The number of rotatable bonds is 10. The van der Waals surface area contributed by atoms with Gasteiger partial charge in [-0.15, -0.1) is 10.2 Å². The molecule has 0 aliphatic rings. The minimum atomic E-state index is -0.307. The van der Waals surface area contributed by atoms with Crippen LogP contribution in [0.25, 0.3) is 5.69 Å². The van der Waals surface area contributed by atoms with E-state index in [2.05, 4.69) is 20.8 Å². The Hall–Kier alpha value is -4.31. The van der Waals surface area contributed by atoms with E-state index in [-0.39, 0.29) is 24.1 Å². The van der Waals surface area contributed by atoms with E-state index in [0.29, 0.717) is 33.7 Å². The summed E-state index contributed by atoms with van der Waals surface area (Å²) in [6.07, 6.45) is 0. The van der Waals surface area contributed by atoms with E-state index in [1.165, 1.54) is 18.9 Å². The van der Waals surface area contributed by atoms with Gasteiger partial charge in [-0.3, -0.25) is 14.2 Å². The fourth-order valence-corrected chi connectivity index (χ4v) is 4.47. The van der Waals surface area contributed by atoms with Crippen LogP contribution in [0.15, 0.2) is 78.0 Å². The molecule has 0 unspecified atom stereocenters. The maximum atomic E-state index is 12.9. The quantitative estimate of drug-likeness (QED) is 0.303. The van der Waals surface area contributed by atoms with E-state index in [9.17, 15) is 9.59 Å². The van der Waals surface area contributed by atoms with Crippen LogP contribution in [0, 0.1) is 6.92 Å². The molecule has 1 heterocycles. The van der Waals surface area contributed by atoms with Crippen LogP contribution in [0.3, 0.4) is 0 Å². The second kappa shape index (κ2) is 12.1. The third-order valence-electron chi connectivity index (χ3n) is 5.42. The number of benzene rings is 3. The molecule has 0 saturated carbocycles. The Bertz CT molecular complexity index is 1410. The Morgan fingerprint density at radius 2 is 1.65 bits per heavy atom. The number of thioether (sulfide) groups is 1. The number of ether oxygens (including phenoxy) is 2. The smallest absolute Gasteiger partial charge is 0.255 e. The number of hydrogen-bond donors (Lipinski definition) is 2. The first-order valence-corrected chi connectivity index (χ1v) is 12.5. The largest absolute Gasteiger partial charge is 0.496 e. The zero-order chi connectivity index (χ0) is 26.2. The number of methoxy groups -OCH3 is 2. The molecule has 0 bridgehead atoms. The Kier molecular flexibility index (Phi) is 8.42. The lowest BCUT2D eigenvalue weighted by Crippen LogP contribution is -2.25. The van der Waals surface area contributed by atoms with E-state index in [4.69, 9.17) is 9.47 Å². The van der Waals surface area contributed by atoms with Crippen molar-refractivity contribution < 1.29 is 19.1 Å². The monoisotopic (exact) mass is 517 g/mol. The van der Waals surface area contributed by atoms with Crippen LogP contribution < -0.4 is 20.1 Å². The molecule has 9 nitrogen and oxygen atoms in total. The van der Waals surface area contributed by atoms with E-state index < -0.39 is 0 Å². The fraction of sp³-hybridized carbons (Fsp3) is 0.185. The van der Waals surface area contributed by atoms with Gasteiger partial charge in [0.1, 0.15) is 11.5 Å². The SMILES string of the molecule is COc1ccccc1C(=O)NCc1nnc(SCC(=O)Nc2cccc(C)c2)n1-c1ccccc1OC. The summed E-state index contributed by atoms with van der Waals surface area (Å²) in [6.45, 7) is 2.06. The lowest BCUT2D eigenvalue weighted by molar-refractivity contribution is -0.113. The third kappa shape index (κ3) is 6.28. The first-order valence-electron chi connectivity index (χ1n) is 11.5. The molecule has 0 atom stereocenters. The summed E-state index contributed by atoms with van der Waals surface area (Å²) in [5.41, 5.74) is 2.90. The van der Waals surface area contributed by atoms with E-state index >= 15 is 0 Å². The molecule has 0 aliphatic heterocycles. The highest BCUT2D eigenvalue weighted by molar-refractivity contribution is 7.99. The molecule has 1 aromatic heterocycles. The number of carbonyl (C=O) groups is 2. The van der Waals surface area contributed by atoms with Gasteiger partial charge in [0, 0.05) is 5.69 Å². The number of anilines is 1. The standard InChI is InChI=1S/C27H27N5O4S/c1-18-9-8-10-19(15-18)29-25(33)17-37-27-31-30-24(32(27)21-12-5-7-14-23(21)36-3)16-28-26(34)20-11-4-6-13-22(20)35-2/h4-15H,16-17H2,1-3H3,(H,28,34)(H,29,33). The van der Waals surface area contributed by atoms with Gasteiger partial charge in [-0.25, -0.2) is 0 Å². The molecule has 0 spiro atoms. The summed E-state index contributed by atoms with van der Waals surface area (Å²) >= 11 is 1.24. The zero-order valence-electron chi connectivity index (χ0n) is 20.7. The topological polar surface area (TPSA) is 107 Å². The number of nitrogens with zero attached hydrogens (tertiary/aromatic N) is 3. The molecule has 10 heteroatoms. The van der Waals surface area contributed by atoms with Gasteiger partial charge in [0.2, 0.25) is 5.91 Å². The van der Waals surface area contributed by atoms with Gasteiger partial charge in [0.25, 0.3) is 5.91 Å². The average molecular weight is 518 g/mol. The molecular weight excluding hydrogens is 490 g/mol. The molecule has 2 amide bonds. The minimum Gasteiger partial charge on any atom is -0.496 e. The van der Waals surface area contributed by atoms with Crippen molar-refractivity contribution in [2.24, 2.45) is 0 Å². The Morgan fingerprint density at radius 1 is 0.919 bits per heavy atom. The van der Waals surface area contributed by atoms with Crippen molar-refractivity contribution in [1.29, 1.82) is 0 Å². The van der Waals surface area contributed by atoms with Gasteiger partial charge in [-0.05, 0) is 48.9 Å². The predicted octanol–water partition coefficient (Wildman–Crippen LogP) is 4.25. The average Bonchev–Trinajstić information content (AvgIpc) is 3.33. The number of para-hydroxylation sites is 3. The molecule has 3 aromatic carbocycles. The Balaban J connectivity index is 1.55. The Labute approximate surface area is 219 Å². The van der Waals surface area contributed by atoms with Gasteiger partial charge in [-0.1, -0.05) is 48.2 Å². The van der Waals surface area contributed by atoms with Gasteiger partial charge in [-0.2, -0.15) is 0 Å². The van der Waals surface area contributed by atoms with Crippen molar-refractivity contribution >= 4 is 29.3 Å². The summed E-state index contributed by atoms with van der Waals surface area (Å²) in [5.74, 6) is 1.20. The van der Waals surface area contributed by atoms with Gasteiger partial charge >= 0.3 is 0 Å². The van der Waals surface area contributed by atoms with Crippen molar-refractivity contribution in [1.82, 2.24) is 20.1 Å². The van der Waals surface area contributed by atoms with Crippen LogP contribution in [0.1, 0.15) is 21.7 Å². The number of amides is 2. The Morgan fingerprint density at radius 3 is 2.41 bits per heavy atom. The van der Waals surface area contributed by atoms with Crippen LogP contribution in [0.5, 0.6) is 11.5 Å². The molecule has 4 aromatic rings. The summed E-state index contributed by atoms with van der Waals surface area (Å²) in [6, 6.07) is 22.0. The van der Waals surface area contributed by atoms with Crippen LogP contribution in [0.4, 0.5) is 5.69 Å². The number of aryl methyl sites for hydroxylation is 1. The second-order valence-corrected chi connectivity index (χ2v) is 8.94. The van der Waals surface area contributed by atoms with Gasteiger partial charge < -0.3 is 20.1 Å². The summed E-state index contributed by atoms with van der Waals surface area (Å²) in [4.78, 5) is 25.5. The second-order valence-electron chi connectivity index (χ2n) is 8.00. The molecule has 190 valence electrons. The highest BCUT2D eigenvalue weighted by Gasteiger charge is 2.20. The molecule has 4 rings (SSSR count). The number of nitrogens with one attached hydrogen (secondary N) is 2. The molecule has 0 aliphatic carbocycles. The fourth-order valence-electron chi connectivity index (χ4n) is 3.70. The highest BCUT2D eigenvalue weighted by atomic mass is 32.2. The first kappa shape index (κ1) is 25.8. The molecule has 0 fully saturated rings. The maximum Gasteiger partial charge on any atom is 0.255 e. The van der Waals surface area contributed by atoms with Crippen LogP contribution in [0.2, 0.25) is 0 Å². The lowest BCUT2D eigenvalue weighted by atomic mass is 10.2. The molecule has 37 heavy (non-hydrogen) atoms. The number of carbonyl (C=O) groups excluding carboxylic acids is 2. The normalized spacial score (nSPS) is 10.6. The lowest BCUT2D eigenvalue weighted by Gasteiger charge is -2.14. The van der Waals surface area contributed by atoms with E-state index in [1.54, 1.807) is 35.9 Å². The van der Waals surface area contributed by atoms with Gasteiger partial charge in [0.15, 0.2) is 11.0 Å². The maximum absolute atomic E-state index is 12.9. The van der Waals surface area contributed by atoms with Gasteiger partial charge in [0.05, 0.1) is 37.8 Å². The summed E-state index contributed by atoms with van der Waals surface area (Å²) in [7, 11) is 3.09. The van der Waals surface area contributed by atoms with Crippen molar-refractivity contribution in [3.8, 4) is 17.2 Å². The molecule has 0 saturated heterocycles. The van der Waals surface area contributed by atoms with Crippen LogP contribution in [-0.4, -0.2) is 46.6 Å². The number of hydrogen-bond acceptors (Lipinski definition) is 7. The van der Waals surface area contributed by atoms with Crippen molar-refractivity contribution in [2.45, 2.75) is 18.6 Å². The molecule has 0 radical (unpaired) electrons. The van der Waals surface area contributed by atoms with E-state index in [0.717, 1.165) is 11.3 Å². The predicted molar refractivity (Wildman–Crippen MR) is 143 cm³/mol. The van der Waals surface area contributed by atoms with Crippen molar-refractivity contribution in [2.75, 3.05) is 25.3 Å². The van der Waals surface area contributed by atoms with Crippen molar-refractivity contribution in [3.05, 3.63) is 89.7 Å². The summed E-state index contributed by atoms with van der Waals surface area (Å²) in [5, 5.41) is 14.9. The zero-order valence-corrected chi connectivity index (χ0v) is 21.5. The van der Waals surface area contributed by atoms with Crippen molar-refractivity contribution in [3.63, 3.8) is 0 Å². The molecular formula is C27H27N5O4S. The summed E-state index contributed by atoms with van der Waals surface area (Å²) < 4.78 is 12.6. The van der Waals surface area contributed by atoms with Crippen LogP contribution >= 0.6 is 11.8 Å². The minimum absolute atomic E-state index is 0.0952. The molecule has 2 N–H and O–H groups in total. The highest BCUT2D eigenvalue weighted by Crippen LogP contribution is 2.29. The number of aromatic nitrogens is 3. The van der Waals surface area contributed by atoms with E-state index in [1.807, 2.05) is 55.5 Å². The third-order valence-corrected chi connectivity index (χ3v) is 6.35.